The van der Waals surface area contributed by atoms with Gasteiger partial charge in [-0.15, -0.1) is 0 Å². The summed E-state index contributed by atoms with van der Waals surface area (Å²) in [5.74, 6) is -0.00833. The largest absolute Gasteiger partial charge is 0.419 e. The van der Waals surface area contributed by atoms with E-state index in [9.17, 15) is 23.5 Å². The summed E-state index contributed by atoms with van der Waals surface area (Å²) >= 11 is 0. The molecular weight excluding hydrogens is 402 g/mol. The molecule has 29 heavy (non-hydrogen) atoms. The molecule has 0 saturated carbocycles. The lowest BCUT2D eigenvalue weighted by Crippen LogP contribution is -2.21. The molecule has 0 aliphatic heterocycles. The highest BCUT2D eigenvalue weighted by atomic mass is 31.1. The Hall–Kier alpha value is -2.69. The Balaban J connectivity index is 2.26. The lowest BCUT2D eigenvalue weighted by Gasteiger charge is -2.15. The van der Waals surface area contributed by atoms with Gasteiger partial charge in [0.2, 0.25) is 5.95 Å². The van der Waals surface area contributed by atoms with Gasteiger partial charge in [-0.2, -0.15) is 18.4 Å². The van der Waals surface area contributed by atoms with Crippen LogP contribution in [0, 0.1) is 11.3 Å². The third-order valence-corrected chi connectivity index (χ3v) is 5.75. The molecule has 0 bridgehead atoms. The van der Waals surface area contributed by atoms with Gasteiger partial charge in [0.05, 0.1) is 29.5 Å². The molecule has 0 aliphatic carbocycles. The topological polar surface area (TPSA) is 97.6 Å². The molecule has 0 spiro atoms. The zero-order valence-corrected chi connectivity index (χ0v) is 16.9. The Labute approximate surface area is 166 Å². The van der Waals surface area contributed by atoms with Gasteiger partial charge in [-0.05, 0) is 26.3 Å². The van der Waals surface area contributed by atoms with Gasteiger partial charge in [-0.3, -0.25) is 0 Å². The standard InChI is InChI=1S/C19H19F3N5OP/c1-10(9-28)26-18-25-8-14(19(20,21)22)15(27-18)13-7-24-16-12(13)5-4-11(6-23)17(16)29(2)3/h4-5,7-8,10,24,28H,9H2,1-3H3,(H,25,26,27). The second-order valence-electron chi connectivity index (χ2n) is 6.77. The van der Waals surface area contributed by atoms with Crippen molar-refractivity contribution in [2.45, 2.75) is 19.1 Å². The minimum absolute atomic E-state index is 0.00833. The monoisotopic (exact) mass is 421 g/mol. The van der Waals surface area contributed by atoms with Gasteiger partial charge in [0.15, 0.2) is 0 Å². The van der Waals surface area contributed by atoms with Crippen molar-refractivity contribution in [3.63, 3.8) is 0 Å². The number of nitrogens with zero attached hydrogens (tertiary/aromatic N) is 3. The molecule has 0 aliphatic rings. The number of aliphatic hydroxyl groups excluding tert-OH is 1. The zero-order valence-electron chi connectivity index (χ0n) is 16.0. The molecule has 3 aromatic rings. The smallest absolute Gasteiger partial charge is 0.394 e. The molecule has 1 aromatic carbocycles. The third kappa shape index (κ3) is 4.04. The molecule has 0 fully saturated rings. The lowest BCUT2D eigenvalue weighted by molar-refractivity contribution is -0.137. The number of aliphatic hydroxyl groups is 1. The van der Waals surface area contributed by atoms with Gasteiger partial charge < -0.3 is 15.4 Å². The summed E-state index contributed by atoms with van der Waals surface area (Å²) in [5.41, 5.74) is 0.192. The van der Waals surface area contributed by atoms with E-state index in [1.807, 2.05) is 13.3 Å². The predicted molar refractivity (Wildman–Crippen MR) is 108 cm³/mol. The molecule has 0 amide bonds. The van der Waals surface area contributed by atoms with Crippen LogP contribution in [0.2, 0.25) is 0 Å². The van der Waals surface area contributed by atoms with Crippen molar-refractivity contribution in [1.82, 2.24) is 15.0 Å². The first-order chi connectivity index (χ1) is 13.7. The number of aromatic amines is 1. The van der Waals surface area contributed by atoms with Crippen LogP contribution < -0.4 is 10.6 Å². The normalized spacial score (nSPS) is 12.9. The molecule has 2 aromatic heterocycles. The first-order valence-electron chi connectivity index (χ1n) is 8.70. The summed E-state index contributed by atoms with van der Waals surface area (Å²) in [4.78, 5) is 10.9. The second-order valence-corrected chi connectivity index (χ2v) is 9.01. The number of nitriles is 1. The second kappa shape index (κ2) is 7.97. The molecule has 2 heterocycles. The maximum absolute atomic E-state index is 13.6. The van der Waals surface area contributed by atoms with Crippen molar-refractivity contribution in [2.24, 2.45) is 0 Å². The first-order valence-corrected chi connectivity index (χ1v) is 10.9. The highest BCUT2D eigenvalue weighted by Gasteiger charge is 2.36. The summed E-state index contributed by atoms with van der Waals surface area (Å²) in [5, 5.41) is 22.7. The number of alkyl halides is 3. The maximum Gasteiger partial charge on any atom is 0.419 e. The number of aromatic nitrogens is 3. The van der Waals surface area contributed by atoms with Crippen LogP contribution in [-0.4, -0.2) is 46.0 Å². The highest BCUT2D eigenvalue weighted by molar-refractivity contribution is 7.64. The van der Waals surface area contributed by atoms with E-state index in [4.69, 9.17) is 0 Å². The third-order valence-electron chi connectivity index (χ3n) is 4.40. The predicted octanol–water partition coefficient (Wildman–Crippen LogP) is 3.67. The number of nitrogens with one attached hydrogen (secondary N) is 2. The number of rotatable bonds is 5. The summed E-state index contributed by atoms with van der Waals surface area (Å²) in [6.07, 6.45) is -2.42. The molecule has 0 radical (unpaired) electrons. The van der Waals surface area contributed by atoms with Gasteiger partial charge in [0.1, 0.15) is 5.56 Å². The van der Waals surface area contributed by atoms with Crippen molar-refractivity contribution in [3.05, 3.63) is 35.7 Å². The fourth-order valence-corrected chi connectivity index (χ4v) is 4.30. The molecule has 6 nitrogen and oxygen atoms in total. The minimum atomic E-state index is -4.64. The average molecular weight is 421 g/mol. The Bertz CT molecular complexity index is 1090. The van der Waals surface area contributed by atoms with E-state index in [0.29, 0.717) is 16.5 Å². The van der Waals surface area contributed by atoms with E-state index >= 15 is 0 Å². The number of fused-ring (bicyclic) bond motifs is 1. The molecule has 3 N–H and O–H groups in total. The van der Waals surface area contributed by atoms with Gasteiger partial charge in [0, 0.05) is 34.7 Å². The van der Waals surface area contributed by atoms with Gasteiger partial charge >= 0.3 is 6.18 Å². The molecule has 152 valence electrons. The number of hydrogen-bond acceptors (Lipinski definition) is 5. The average Bonchev–Trinajstić information content (AvgIpc) is 3.09. The van der Waals surface area contributed by atoms with Crippen LogP contribution in [0.15, 0.2) is 24.5 Å². The number of anilines is 1. The molecule has 10 heteroatoms. The first kappa shape index (κ1) is 21.0. The quantitative estimate of drug-likeness (QED) is 0.546. The van der Waals surface area contributed by atoms with Crippen molar-refractivity contribution >= 4 is 30.1 Å². The van der Waals surface area contributed by atoms with Crippen LogP contribution in [0.3, 0.4) is 0 Å². The van der Waals surface area contributed by atoms with Crippen molar-refractivity contribution in [2.75, 3.05) is 25.3 Å². The summed E-state index contributed by atoms with van der Waals surface area (Å²) in [7, 11) is -0.677. The number of H-pyrrole nitrogens is 1. The van der Waals surface area contributed by atoms with E-state index in [1.54, 1.807) is 19.1 Å². The van der Waals surface area contributed by atoms with Crippen LogP contribution >= 0.6 is 7.92 Å². The number of benzene rings is 1. The molecule has 1 atom stereocenters. The van der Waals surface area contributed by atoms with Crippen LogP contribution in [0.5, 0.6) is 0 Å². The van der Waals surface area contributed by atoms with Crippen molar-refractivity contribution < 1.29 is 18.3 Å². The maximum atomic E-state index is 13.6. The highest BCUT2D eigenvalue weighted by Crippen LogP contribution is 2.40. The summed E-state index contributed by atoms with van der Waals surface area (Å²) in [6.45, 7) is 5.40. The van der Waals surface area contributed by atoms with E-state index < -0.39 is 25.7 Å². The fraction of sp³-hybridized carbons (Fsp3) is 0.316. The number of hydrogen-bond donors (Lipinski definition) is 3. The Morgan fingerprint density at radius 2 is 2.07 bits per heavy atom. The fourth-order valence-electron chi connectivity index (χ4n) is 3.06. The zero-order chi connectivity index (χ0) is 21.3. The van der Waals surface area contributed by atoms with E-state index in [1.165, 1.54) is 6.20 Å². The minimum Gasteiger partial charge on any atom is -0.394 e. The summed E-state index contributed by atoms with van der Waals surface area (Å²) in [6, 6.07) is 4.98. The molecule has 0 saturated heterocycles. The Kier molecular flexibility index (Phi) is 5.78. The number of halogens is 3. The van der Waals surface area contributed by atoms with Crippen LogP contribution in [0.4, 0.5) is 19.1 Å². The lowest BCUT2D eigenvalue weighted by atomic mass is 10.0. The van der Waals surface area contributed by atoms with Gasteiger partial charge in [-0.25, -0.2) is 9.97 Å². The van der Waals surface area contributed by atoms with E-state index in [0.717, 1.165) is 11.5 Å². The van der Waals surface area contributed by atoms with Gasteiger partial charge in [0.25, 0.3) is 0 Å². The van der Waals surface area contributed by atoms with Crippen molar-refractivity contribution in [3.8, 4) is 17.3 Å². The van der Waals surface area contributed by atoms with E-state index in [-0.39, 0.29) is 23.8 Å². The summed E-state index contributed by atoms with van der Waals surface area (Å²) < 4.78 is 40.9. The van der Waals surface area contributed by atoms with Crippen LogP contribution in [0.1, 0.15) is 18.1 Å². The Morgan fingerprint density at radius 3 is 2.66 bits per heavy atom. The van der Waals surface area contributed by atoms with Gasteiger partial charge in [-0.1, -0.05) is 14.0 Å². The van der Waals surface area contributed by atoms with Crippen molar-refractivity contribution in [1.29, 1.82) is 5.26 Å². The molecule has 1 unspecified atom stereocenters. The van der Waals surface area contributed by atoms with Crippen LogP contribution in [-0.2, 0) is 6.18 Å². The van der Waals surface area contributed by atoms with E-state index in [2.05, 4.69) is 26.3 Å². The molecular formula is C19H19F3N5OP. The molecule has 3 rings (SSSR count). The Morgan fingerprint density at radius 1 is 1.34 bits per heavy atom. The SMILES string of the molecule is CC(CO)Nc1ncc(C(F)(F)F)c(-c2c[nH]c3c(P(C)C)c(C#N)ccc23)n1. The van der Waals surface area contributed by atoms with Crippen LogP contribution in [0.25, 0.3) is 22.2 Å².